The van der Waals surface area contributed by atoms with Gasteiger partial charge in [-0.3, -0.25) is 14.3 Å². The molecule has 0 aliphatic heterocycles. The van der Waals surface area contributed by atoms with E-state index >= 15 is 0 Å². The van der Waals surface area contributed by atoms with Crippen molar-refractivity contribution in [2.24, 2.45) is 7.05 Å². The Kier molecular flexibility index (Phi) is 7.35. The lowest BCUT2D eigenvalue weighted by Gasteiger charge is -2.14. The summed E-state index contributed by atoms with van der Waals surface area (Å²) in [6, 6.07) is 9.42. The summed E-state index contributed by atoms with van der Waals surface area (Å²) in [5.41, 5.74) is 2.83. The number of furan rings is 1. The second-order valence-corrected chi connectivity index (χ2v) is 7.99. The lowest BCUT2D eigenvalue weighted by atomic mass is 10.0. The number of amides is 2. The molecule has 32 heavy (non-hydrogen) atoms. The van der Waals surface area contributed by atoms with E-state index in [1.807, 2.05) is 19.9 Å². The molecular weight excluding hydrogens is 408 g/mol. The zero-order chi connectivity index (χ0) is 23.3. The maximum absolute atomic E-state index is 12.7. The van der Waals surface area contributed by atoms with Gasteiger partial charge in [-0.2, -0.15) is 5.10 Å². The maximum atomic E-state index is 12.7. The van der Waals surface area contributed by atoms with Gasteiger partial charge in [0.1, 0.15) is 23.8 Å². The number of hydrogen-bond donors (Lipinski definition) is 2. The van der Waals surface area contributed by atoms with Gasteiger partial charge in [-0.05, 0) is 48.6 Å². The van der Waals surface area contributed by atoms with Gasteiger partial charge in [0.25, 0.3) is 11.8 Å². The molecule has 0 spiro atoms. The number of aryl methyl sites for hydroxylation is 2. The Morgan fingerprint density at radius 3 is 2.69 bits per heavy atom. The molecule has 3 aromatic rings. The van der Waals surface area contributed by atoms with Gasteiger partial charge in [0.2, 0.25) is 0 Å². The summed E-state index contributed by atoms with van der Waals surface area (Å²) in [6.07, 6.45) is 2.25. The smallest absolute Gasteiger partial charge is 0.291 e. The number of ether oxygens (including phenoxy) is 1. The van der Waals surface area contributed by atoms with Gasteiger partial charge in [-0.1, -0.05) is 32.9 Å². The van der Waals surface area contributed by atoms with Crippen molar-refractivity contribution in [3.8, 4) is 5.75 Å². The fraction of sp³-hybridized carbons (Fsp3) is 0.375. The highest BCUT2D eigenvalue weighted by Crippen LogP contribution is 2.28. The fourth-order valence-electron chi connectivity index (χ4n) is 3.27. The van der Waals surface area contributed by atoms with Gasteiger partial charge in [-0.15, -0.1) is 0 Å². The molecule has 0 saturated heterocycles. The minimum absolute atomic E-state index is 0.126. The number of rotatable bonds is 9. The van der Waals surface area contributed by atoms with E-state index in [4.69, 9.17) is 9.15 Å². The minimum Gasteiger partial charge on any atom is -0.485 e. The summed E-state index contributed by atoms with van der Waals surface area (Å²) in [5.74, 6) is 1.02. The zero-order valence-corrected chi connectivity index (χ0v) is 19.2. The number of carbonyl (C=O) groups excluding carboxylic acids is 2. The number of benzene rings is 1. The van der Waals surface area contributed by atoms with Gasteiger partial charge < -0.3 is 19.8 Å². The molecule has 170 valence electrons. The largest absolute Gasteiger partial charge is 0.485 e. The molecular formula is C24H30N4O4. The van der Waals surface area contributed by atoms with E-state index in [1.165, 1.54) is 10.9 Å². The Labute approximate surface area is 187 Å². The van der Waals surface area contributed by atoms with Crippen LogP contribution in [-0.2, 0) is 13.7 Å². The van der Waals surface area contributed by atoms with E-state index in [2.05, 4.69) is 41.7 Å². The lowest BCUT2D eigenvalue weighted by molar-refractivity contribution is 0.0945. The molecule has 8 nitrogen and oxygen atoms in total. The third-order valence-corrected chi connectivity index (χ3v) is 4.98. The first-order valence-corrected chi connectivity index (χ1v) is 10.7. The van der Waals surface area contributed by atoms with Crippen LogP contribution in [0.5, 0.6) is 5.75 Å². The topological polar surface area (TPSA) is 98.4 Å². The predicted molar refractivity (Wildman–Crippen MR) is 122 cm³/mol. The van der Waals surface area contributed by atoms with Crippen LogP contribution in [0.1, 0.15) is 71.0 Å². The first-order chi connectivity index (χ1) is 15.3. The van der Waals surface area contributed by atoms with Crippen molar-refractivity contribution < 1.29 is 18.7 Å². The van der Waals surface area contributed by atoms with Crippen LogP contribution in [0.15, 0.2) is 40.9 Å². The van der Waals surface area contributed by atoms with E-state index in [9.17, 15) is 9.59 Å². The Hall–Kier alpha value is -3.55. The van der Waals surface area contributed by atoms with Crippen LogP contribution >= 0.6 is 0 Å². The maximum Gasteiger partial charge on any atom is 0.291 e. The average molecular weight is 439 g/mol. The summed E-state index contributed by atoms with van der Waals surface area (Å²) < 4.78 is 13.1. The summed E-state index contributed by atoms with van der Waals surface area (Å²) in [5, 5.41) is 9.58. The molecule has 0 radical (unpaired) electrons. The summed E-state index contributed by atoms with van der Waals surface area (Å²) >= 11 is 0. The molecule has 0 saturated carbocycles. The Balaban J connectivity index is 1.68. The molecule has 0 aliphatic rings. The molecule has 2 aromatic heterocycles. The van der Waals surface area contributed by atoms with Crippen molar-refractivity contribution >= 4 is 17.5 Å². The molecule has 0 aliphatic carbocycles. The Morgan fingerprint density at radius 2 is 1.97 bits per heavy atom. The van der Waals surface area contributed by atoms with Crippen LogP contribution in [0.3, 0.4) is 0 Å². The molecule has 2 N–H and O–H groups in total. The van der Waals surface area contributed by atoms with Gasteiger partial charge in [0, 0.05) is 13.6 Å². The van der Waals surface area contributed by atoms with Crippen molar-refractivity contribution in [1.29, 1.82) is 0 Å². The van der Waals surface area contributed by atoms with Crippen LogP contribution in [0, 0.1) is 6.92 Å². The fourth-order valence-corrected chi connectivity index (χ4v) is 3.27. The number of aromatic nitrogens is 2. The van der Waals surface area contributed by atoms with E-state index in [0.29, 0.717) is 23.9 Å². The molecule has 0 unspecified atom stereocenters. The first-order valence-electron chi connectivity index (χ1n) is 10.7. The predicted octanol–water partition coefficient (Wildman–Crippen LogP) is 4.42. The lowest BCUT2D eigenvalue weighted by Crippen LogP contribution is -2.27. The number of nitrogens with zero attached hydrogens (tertiary/aromatic N) is 2. The van der Waals surface area contributed by atoms with Gasteiger partial charge in [-0.25, -0.2) is 0 Å². The number of nitrogens with one attached hydrogen (secondary N) is 2. The van der Waals surface area contributed by atoms with Crippen molar-refractivity contribution in [3.05, 3.63) is 64.9 Å². The number of hydrogen-bond acceptors (Lipinski definition) is 5. The molecule has 3 rings (SSSR count). The molecule has 2 heterocycles. The SMILES string of the molecule is CCCNC(=O)c1c(NC(=O)c2ccc(COc3cc(C)ccc3C(C)C)o2)cnn1C. The van der Waals surface area contributed by atoms with Gasteiger partial charge in [0.05, 0.1) is 11.9 Å². The van der Waals surface area contributed by atoms with Crippen LogP contribution in [0.2, 0.25) is 0 Å². The normalized spacial score (nSPS) is 10.9. The summed E-state index contributed by atoms with van der Waals surface area (Å²) in [4.78, 5) is 25.1. The minimum atomic E-state index is -0.466. The zero-order valence-electron chi connectivity index (χ0n) is 19.2. The van der Waals surface area contributed by atoms with E-state index in [1.54, 1.807) is 19.2 Å². The van der Waals surface area contributed by atoms with Gasteiger partial charge in [0.15, 0.2) is 5.76 Å². The van der Waals surface area contributed by atoms with Crippen molar-refractivity contribution in [1.82, 2.24) is 15.1 Å². The van der Waals surface area contributed by atoms with Gasteiger partial charge >= 0.3 is 0 Å². The third kappa shape index (κ3) is 5.38. The van der Waals surface area contributed by atoms with Crippen LogP contribution in [0.4, 0.5) is 5.69 Å². The van der Waals surface area contributed by atoms with Crippen molar-refractivity contribution in [2.45, 2.75) is 46.6 Å². The van der Waals surface area contributed by atoms with Crippen molar-refractivity contribution in [3.63, 3.8) is 0 Å². The standard InChI is InChI=1S/C24H30N4O4/c1-6-11-25-24(30)22-19(13-26-28(22)5)27-23(29)20-10-8-17(32-20)14-31-21-12-16(4)7-9-18(21)15(2)3/h7-10,12-13,15H,6,11,14H2,1-5H3,(H,25,30)(H,27,29). The van der Waals surface area contributed by atoms with E-state index < -0.39 is 5.91 Å². The molecule has 0 fully saturated rings. The highest BCUT2D eigenvalue weighted by molar-refractivity contribution is 6.07. The van der Waals surface area contributed by atoms with Crippen molar-refractivity contribution in [2.75, 3.05) is 11.9 Å². The first kappa shape index (κ1) is 23.1. The van der Waals surface area contributed by atoms with Crippen LogP contribution in [0.25, 0.3) is 0 Å². The summed E-state index contributed by atoms with van der Waals surface area (Å²) in [7, 11) is 1.65. The monoisotopic (exact) mass is 438 g/mol. The highest BCUT2D eigenvalue weighted by Gasteiger charge is 2.20. The number of anilines is 1. The quantitative estimate of drug-likeness (QED) is 0.515. The Morgan fingerprint density at radius 1 is 1.19 bits per heavy atom. The molecule has 1 aromatic carbocycles. The van der Waals surface area contributed by atoms with Crippen LogP contribution in [-0.4, -0.2) is 28.1 Å². The second-order valence-electron chi connectivity index (χ2n) is 7.99. The molecule has 2 amide bonds. The summed E-state index contributed by atoms with van der Waals surface area (Å²) in [6.45, 7) is 8.95. The molecule has 8 heteroatoms. The molecule has 0 bridgehead atoms. The Bertz CT molecular complexity index is 1100. The number of carbonyl (C=O) groups is 2. The van der Waals surface area contributed by atoms with E-state index in [0.717, 1.165) is 23.3 Å². The molecule has 0 atom stereocenters. The third-order valence-electron chi connectivity index (χ3n) is 4.98. The van der Waals surface area contributed by atoms with E-state index in [-0.39, 0.29) is 24.0 Å². The highest BCUT2D eigenvalue weighted by atomic mass is 16.5. The second kappa shape index (κ2) is 10.2. The average Bonchev–Trinajstić information content (AvgIpc) is 3.37. The van der Waals surface area contributed by atoms with Crippen LogP contribution < -0.4 is 15.4 Å².